The molecule has 0 aliphatic heterocycles. The Morgan fingerprint density at radius 2 is 1.39 bits per heavy atom. The highest BCUT2D eigenvalue weighted by Gasteiger charge is 2.19. The Balaban J connectivity index is 1.47. The van der Waals surface area contributed by atoms with E-state index >= 15 is 0 Å². The summed E-state index contributed by atoms with van der Waals surface area (Å²) < 4.78 is 39.3. The van der Waals surface area contributed by atoms with Gasteiger partial charge in [-0.3, -0.25) is 13.9 Å². The molecule has 9 heteroatoms. The van der Waals surface area contributed by atoms with Crippen LogP contribution in [-0.4, -0.2) is 26.5 Å². The van der Waals surface area contributed by atoms with Crippen LogP contribution in [0.25, 0.3) is 0 Å². The van der Waals surface area contributed by atoms with Crippen LogP contribution < -0.4 is 14.9 Å². The van der Waals surface area contributed by atoms with Crippen LogP contribution in [-0.2, 0) is 23.1 Å². The van der Waals surface area contributed by atoms with Crippen molar-refractivity contribution in [2.75, 3.05) is 15.9 Å². The molecule has 4 rings (SSSR count). The second-order valence-electron chi connectivity index (χ2n) is 8.61. The van der Waals surface area contributed by atoms with Crippen LogP contribution in [0.1, 0.15) is 31.8 Å². The molecule has 0 saturated heterocycles. The smallest absolute Gasteiger partial charge is 0.255 e. The monoisotopic (exact) mass is 531 g/mol. The highest BCUT2D eigenvalue weighted by Crippen LogP contribution is 2.23. The maximum atomic E-state index is 13.2. The van der Waals surface area contributed by atoms with Crippen molar-refractivity contribution in [3.8, 4) is 0 Å². The van der Waals surface area contributed by atoms with Crippen LogP contribution in [0, 0.1) is 5.82 Å². The number of hydrogen-bond acceptors (Lipinski definition) is 4. The van der Waals surface area contributed by atoms with Gasteiger partial charge in [0.1, 0.15) is 5.82 Å². The van der Waals surface area contributed by atoms with Gasteiger partial charge in [0.15, 0.2) is 0 Å². The molecule has 0 spiro atoms. The minimum Gasteiger partial charge on any atom is -0.348 e. The first-order valence-electron chi connectivity index (χ1n) is 11.8. The molecule has 7 nitrogen and oxygen atoms in total. The van der Waals surface area contributed by atoms with Gasteiger partial charge in [-0.15, -0.1) is 0 Å². The lowest BCUT2D eigenvalue weighted by molar-refractivity contribution is 0.0951. The van der Waals surface area contributed by atoms with E-state index in [4.69, 9.17) is 0 Å². The first kappa shape index (κ1) is 26.6. The fourth-order valence-electron chi connectivity index (χ4n) is 3.79. The summed E-state index contributed by atoms with van der Waals surface area (Å²) >= 11 is 0. The first-order chi connectivity index (χ1) is 18.2. The summed E-state index contributed by atoms with van der Waals surface area (Å²) in [4.78, 5) is 25.8. The van der Waals surface area contributed by atoms with E-state index in [0.29, 0.717) is 29.0 Å². The minimum atomic E-state index is -3.65. The standard InChI is InChI=1S/C29H26FN3O4S/c1-38(36,37)33(20-22-11-15-24(30)16-12-22)25-17-13-23(14-18-25)28(34)32-27-10-6-5-9-26(27)29(35)31-19-21-7-3-2-4-8-21/h2-18H,19-20H2,1H3,(H,31,35)(H,32,34). The van der Waals surface area contributed by atoms with E-state index in [1.54, 1.807) is 24.3 Å². The van der Waals surface area contributed by atoms with E-state index in [0.717, 1.165) is 11.8 Å². The van der Waals surface area contributed by atoms with Gasteiger partial charge in [-0.25, -0.2) is 12.8 Å². The number of hydrogen-bond donors (Lipinski definition) is 2. The van der Waals surface area contributed by atoms with Gasteiger partial charge in [0.05, 0.1) is 29.7 Å². The normalized spacial score (nSPS) is 11.0. The van der Waals surface area contributed by atoms with Crippen LogP contribution >= 0.6 is 0 Å². The lowest BCUT2D eigenvalue weighted by Gasteiger charge is -2.23. The van der Waals surface area contributed by atoms with Gasteiger partial charge in [0.2, 0.25) is 10.0 Å². The van der Waals surface area contributed by atoms with Crippen LogP contribution in [0.3, 0.4) is 0 Å². The molecule has 4 aromatic carbocycles. The molecular weight excluding hydrogens is 505 g/mol. The Morgan fingerprint density at radius 1 is 0.763 bits per heavy atom. The van der Waals surface area contributed by atoms with Crippen LogP contribution in [0.5, 0.6) is 0 Å². The number of anilines is 2. The number of carbonyl (C=O) groups is 2. The molecule has 0 aliphatic rings. The van der Waals surface area contributed by atoms with Gasteiger partial charge < -0.3 is 10.6 Å². The van der Waals surface area contributed by atoms with Crippen LogP contribution in [0.2, 0.25) is 0 Å². The van der Waals surface area contributed by atoms with E-state index in [1.165, 1.54) is 52.8 Å². The van der Waals surface area contributed by atoms with Gasteiger partial charge in [0.25, 0.3) is 11.8 Å². The van der Waals surface area contributed by atoms with Crippen molar-refractivity contribution in [3.05, 3.63) is 131 Å². The van der Waals surface area contributed by atoms with E-state index in [9.17, 15) is 22.4 Å². The summed E-state index contributed by atoms with van der Waals surface area (Å²) in [6.07, 6.45) is 1.08. The topological polar surface area (TPSA) is 95.6 Å². The Kier molecular flexibility index (Phi) is 8.18. The van der Waals surface area contributed by atoms with Gasteiger partial charge in [-0.2, -0.15) is 0 Å². The van der Waals surface area contributed by atoms with Crippen LogP contribution in [0.4, 0.5) is 15.8 Å². The molecule has 0 heterocycles. The fraction of sp³-hybridized carbons (Fsp3) is 0.103. The third-order valence-corrected chi connectivity index (χ3v) is 6.91. The number of nitrogens with one attached hydrogen (secondary N) is 2. The molecule has 4 aromatic rings. The van der Waals surface area contributed by atoms with Gasteiger partial charge in [-0.05, 0) is 59.7 Å². The molecule has 194 valence electrons. The molecule has 0 aliphatic carbocycles. The molecule has 0 atom stereocenters. The maximum Gasteiger partial charge on any atom is 0.255 e. The molecule has 2 amide bonds. The largest absolute Gasteiger partial charge is 0.348 e. The molecule has 2 N–H and O–H groups in total. The zero-order valence-corrected chi connectivity index (χ0v) is 21.4. The number of amides is 2. The summed E-state index contributed by atoms with van der Waals surface area (Å²) in [5.74, 6) is -1.20. The zero-order valence-electron chi connectivity index (χ0n) is 20.6. The van der Waals surface area contributed by atoms with Crippen molar-refractivity contribution in [1.29, 1.82) is 0 Å². The van der Waals surface area contributed by atoms with Crippen molar-refractivity contribution >= 4 is 33.2 Å². The van der Waals surface area contributed by atoms with E-state index < -0.39 is 21.7 Å². The average Bonchev–Trinajstić information content (AvgIpc) is 2.92. The second kappa shape index (κ2) is 11.7. The summed E-state index contributed by atoms with van der Waals surface area (Å²) in [6.45, 7) is 0.355. The molecule has 0 fully saturated rings. The molecule has 0 radical (unpaired) electrons. The number of sulfonamides is 1. The third-order valence-electron chi connectivity index (χ3n) is 5.77. The third kappa shape index (κ3) is 6.83. The zero-order chi connectivity index (χ0) is 27.1. The van der Waals surface area contributed by atoms with E-state index in [-0.39, 0.29) is 18.0 Å². The molecule has 0 bridgehead atoms. The number of rotatable bonds is 9. The predicted octanol–water partition coefficient (Wildman–Crippen LogP) is 4.97. The van der Waals surface area contributed by atoms with Crippen LogP contribution in [0.15, 0.2) is 103 Å². The first-order valence-corrected chi connectivity index (χ1v) is 13.6. The highest BCUT2D eigenvalue weighted by atomic mass is 32.2. The lowest BCUT2D eigenvalue weighted by Crippen LogP contribution is -2.29. The Hall–Kier alpha value is -4.50. The van der Waals surface area contributed by atoms with E-state index in [1.807, 2.05) is 30.3 Å². The molecule has 0 saturated carbocycles. The SMILES string of the molecule is CS(=O)(=O)N(Cc1ccc(F)cc1)c1ccc(C(=O)Nc2ccccc2C(=O)NCc2ccccc2)cc1. The van der Waals surface area contributed by atoms with Crippen molar-refractivity contribution in [2.45, 2.75) is 13.1 Å². The number of para-hydroxylation sites is 1. The fourth-order valence-corrected chi connectivity index (χ4v) is 4.68. The quantitative estimate of drug-likeness (QED) is 0.319. The summed E-state index contributed by atoms with van der Waals surface area (Å²) in [5.41, 5.74) is 2.86. The van der Waals surface area contributed by atoms with Gasteiger partial charge in [-0.1, -0.05) is 54.6 Å². The number of carbonyl (C=O) groups excluding carboxylic acids is 2. The Morgan fingerprint density at radius 3 is 2.05 bits per heavy atom. The lowest BCUT2D eigenvalue weighted by atomic mass is 10.1. The number of nitrogens with zero attached hydrogens (tertiary/aromatic N) is 1. The summed E-state index contributed by atoms with van der Waals surface area (Å²) in [5, 5.41) is 5.62. The predicted molar refractivity (Wildman–Crippen MR) is 146 cm³/mol. The number of benzene rings is 4. The van der Waals surface area contributed by atoms with Crippen molar-refractivity contribution in [3.63, 3.8) is 0 Å². The Bertz CT molecular complexity index is 1520. The Labute approximate surface area is 221 Å². The average molecular weight is 532 g/mol. The van der Waals surface area contributed by atoms with Crippen molar-refractivity contribution in [2.24, 2.45) is 0 Å². The summed E-state index contributed by atoms with van der Waals surface area (Å²) in [6, 6.07) is 27.8. The second-order valence-corrected chi connectivity index (χ2v) is 10.5. The molecule has 38 heavy (non-hydrogen) atoms. The maximum absolute atomic E-state index is 13.2. The highest BCUT2D eigenvalue weighted by molar-refractivity contribution is 7.92. The van der Waals surface area contributed by atoms with Crippen molar-refractivity contribution < 1.29 is 22.4 Å². The molecular formula is C29H26FN3O4S. The van der Waals surface area contributed by atoms with Crippen molar-refractivity contribution in [1.82, 2.24) is 5.32 Å². The van der Waals surface area contributed by atoms with E-state index in [2.05, 4.69) is 10.6 Å². The number of halogens is 1. The minimum absolute atomic E-state index is 0.0100. The van der Waals surface area contributed by atoms with Gasteiger partial charge in [0, 0.05) is 12.1 Å². The summed E-state index contributed by atoms with van der Waals surface area (Å²) in [7, 11) is -3.65. The van der Waals surface area contributed by atoms with Gasteiger partial charge >= 0.3 is 0 Å². The molecule has 0 aromatic heterocycles. The molecule has 0 unspecified atom stereocenters.